The summed E-state index contributed by atoms with van der Waals surface area (Å²) in [5.74, 6) is 0.797. The molecule has 0 atom stereocenters. The summed E-state index contributed by atoms with van der Waals surface area (Å²) in [4.78, 5) is 18.4. The molecule has 124 valence electrons. The van der Waals surface area contributed by atoms with Crippen LogP contribution in [0, 0.1) is 5.92 Å². The quantitative estimate of drug-likeness (QED) is 0.332. The van der Waals surface area contributed by atoms with Gasteiger partial charge in [0.1, 0.15) is 0 Å². The molecule has 2 heterocycles. The molecule has 1 aromatic heterocycles. The summed E-state index contributed by atoms with van der Waals surface area (Å²) in [6.45, 7) is 5.06. The third-order valence-electron chi connectivity index (χ3n) is 3.62. The van der Waals surface area contributed by atoms with E-state index in [2.05, 4.69) is 25.4 Å². The number of hydrogen-bond acceptors (Lipinski definition) is 4. The van der Waals surface area contributed by atoms with Gasteiger partial charge in [-0.05, 0) is 25.8 Å². The Balaban J connectivity index is 0.00000242. The van der Waals surface area contributed by atoms with E-state index in [0.717, 1.165) is 44.1 Å². The smallest absolute Gasteiger partial charge is 0.308 e. The van der Waals surface area contributed by atoms with Crippen LogP contribution in [-0.2, 0) is 16.1 Å². The van der Waals surface area contributed by atoms with E-state index >= 15 is 0 Å². The molecular formula is C14H24IN5O2. The zero-order chi connectivity index (χ0) is 15.1. The number of methoxy groups -OCH3 is 1. The fourth-order valence-corrected chi connectivity index (χ4v) is 2.45. The molecule has 0 saturated carbocycles. The van der Waals surface area contributed by atoms with E-state index in [1.807, 2.05) is 13.0 Å². The Bertz CT molecular complexity index is 470. The average Bonchev–Trinajstić information content (AvgIpc) is 3.04. The van der Waals surface area contributed by atoms with Crippen LogP contribution in [0.4, 0.5) is 0 Å². The maximum absolute atomic E-state index is 11.6. The molecule has 2 rings (SSSR count). The van der Waals surface area contributed by atoms with Gasteiger partial charge in [0.25, 0.3) is 0 Å². The first kappa shape index (κ1) is 18.7. The second-order valence-electron chi connectivity index (χ2n) is 5.04. The Hall–Kier alpha value is -1.32. The first-order chi connectivity index (χ1) is 10.2. The number of likely N-dealkylation sites (tertiary alicyclic amines) is 1. The maximum atomic E-state index is 11.6. The lowest BCUT2D eigenvalue weighted by atomic mass is 9.97. The van der Waals surface area contributed by atoms with Crippen LogP contribution in [0.1, 0.15) is 25.5 Å². The minimum atomic E-state index is -0.103. The second-order valence-corrected chi connectivity index (χ2v) is 5.04. The van der Waals surface area contributed by atoms with E-state index in [4.69, 9.17) is 4.74 Å². The van der Waals surface area contributed by atoms with Crippen LogP contribution >= 0.6 is 24.0 Å². The van der Waals surface area contributed by atoms with Crippen molar-refractivity contribution in [2.45, 2.75) is 26.3 Å². The van der Waals surface area contributed by atoms with E-state index in [9.17, 15) is 4.79 Å². The van der Waals surface area contributed by atoms with E-state index in [0.29, 0.717) is 6.54 Å². The number of halogens is 1. The number of H-pyrrole nitrogens is 1. The SMILES string of the molecule is CCNC(=NCc1ccn[nH]1)N1CCC(C(=O)OC)CC1.I. The molecule has 8 heteroatoms. The van der Waals surface area contributed by atoms with Gasteiger partial charge in [-0.1, -0.05) is 0 Å². The highest BCUT2D eigenvalue weighted by Gasteiger charge is 2.26. The molecule has 2 N–H and O–H groups in total. The molecule has 0 unspecified atom stereocenters. The molecule has 7 nitrogen and oxygen atoms in total. The summed E-state index contributed by atoms with van der Waals surface area (Å²) in [5.41, 5.74) is 0.981. The van der Waals surface area contributed by atoms with Gasteiger partial charge in [-0.25, -0.2) is 4.99 Å². The highest BCUT2D eigenvalue weighted by atomic mass is 127. The fraction of sp³-hybridized carbons (Fsp3) is 0.643. The summed E-state index contributed by atoms with van der Waals surface area (Å²) < 4.78 is 4.81. The number of rotatable bonds is 4. The van der Waals surface area contributed by atoms with Crippen LogP contribution in [0.5, 0.6) is 0 Å². The molecule has 22 heavy (non-hydrogen) atoms. The van der Waals surface area contributed by atoms with Crippen molar-refractivity contribution in [1.82, 2.24) is 20.4 Å². The van der Waals surface area contributed by atoms with Crippen LogP contribution in [0.15, 0.2) is 17.3 Å². The van der Waals surface area contributed by atoms with Crippen LogP contribution in [0.3, 0.4) is 0 Å². The van der Waals surface area contributed by atoms with Gasteiger partial charge >= 0.3 is 5.97 Å². The van der Waals surface area contributed by atoms with Crippen molar-refractivity contribution >= 4 is 35.9 Å². The van der Waals surface area contributed by atoms with Crippen LogP contribution in [0.2, 0.25) is 0 Å². The molecule has 1 aliphatic rings. The number of hydrogen-bond donors (Lipinski definition) is 2. The molecule has 0 aliphatic carbocycles. The summed E-state index contributed by atoms with van der Waals surface area (Å²) >= 11 is 0. The van der Waals surface area contributed by atoms with Crippen molar-refractivity contribution in [1.29, 1.82) is 0 Å². The minimum absolute atomic E-state index is 0. The lowest BCUT2D eigenvalue weighted by molar-refractivity contribution is -0.146. The summed E-state index contributed by atoms with van der Waals surface area (Å²) in [7, 11) is 1.45. The van der Waals surface area contributed by atoms with Crippen molar-refractivity contribution in [2.24, 2.45) is 10.9 Å². The van der Waals surface area contributed by atoms with Gasteiger partial charge in [-0.2, -0.15) is 5.10 Å². The predicted molar refractivity (Wildman–Crippen MR) is 95.1 cm³/mol. The van der Waals surface area contributed by atoms with Gasteiger partial charge in [0.05, 0.1) is 25.3 Å². The van der Waals surface area contributed by atoms with Crippen molar-refractivity contribution in [3.05, 3.63) is 18.0 Å². The van der Waals surface area contributed by atoms with Gasteiger partial charge in [0.2, 0.25) is 0 Å². The third kappa shape index (κ3) is 5.15. The van der Waals surface area contributed by atoms with Crippen molar-refractivity contribution in [2.75, 3.05) is 26.7 Å². The Kier molecular flexibility index (Phi) is 8.21. The monoisotopic (exact) mass is 421 g/mol. The van der Waals surface area contributed by atoms with Crippen LogP contribution in [0.25, 0.3) is 0 Å². The Morgan fingerprint density at radius 3 is 2.82 bits per heavy atom. The molecule has 1 fully saturated rings. The molecule has 1 aromatic rings. The minimum Gasteiger partial charge on any atom is -0.469 e. The Morgan fingerprint density at radius 1 is 1.55 bits per heavy atom. The van der Waals surface area contributed by atoms with Gasteiger partial charge in [-0.3, -0.25) is 9.89 Å². The Morgan fingerprint density at radius 2 is 2.27 bits per heavy atom. The highest BCUT2D eigenvalue weighted by molar-refractivity contribution is 14.0. The van der Waals surface area contributed by atoms with Gasteiger partial charge in [0, 0.05) is 25.8 Å². The highest BCUT2D eigenvalue weighted by Crippen LogP contribution is 2.18. The second kappa shape index (κ2) is 9.65. The van der Waals surface area contributed by atoms with Crippen LogP contribution in [-0.4, -0.2) is 53.8 Å². The van der Waals surface area contributed by atoms with Gasteiger partial charge < -0.3 is 15.0 Å². The number of carbonyl (C=O) groups excluding carboxylic acids is 1. The van der Waals surface area contributed by atoms with E-state index in [-0.39, 0.29) is 35.9 Å². The largest absolute Gasteiger partial charge is 0.469 e. The van der Waals surface area contributed by atoms with E-state index in [1.54, 1.807) is 6.20 Å². The molecular weight excluding hydrogens is 397 g/mol. The number of aromatic amines is 1. The first-order valence-electron chi connectivity index (χ1n) is 7.34. The number of piperidine rings is 1. The number of aliphatic imine (C=N–C) groups is 1. The zero-order valence-corrected chi connectivity index (χ0v) is 15.4. The van der Waals surface area contributed by atoms with Crippen molar-refractivity contribution in [3.63, 3.8) is 0 Å². The normalized spacial score (nSPS) is 16.1. The standard InChI is InChI=1S/C14H23N5O2.HI/c1-3-15-14(16-10-12-4-7-17-18-12)19-8-5-11(6-9-19)13(20)21-2;/h4,7,11H,3,5-6,8-10H2,1-2H3,(H,15,16)(H,17,18);1H. The topological polar surface area (TPSA) is 82.6 Å². The molecule has 0 aromatic carbocycles. The summed E-state index contributed by atoms with van der Waals surface area (Å²) in [6.07, 6.45) is 3.34. The van der Waals surface area contributed by atoms with E-state index < -0.39 is 0 Å². The van der Waals surface area contributed by atoms with Crippen LogP contribution < -0.4 is 5.32 Å². The Labute approximate surface area is 147 Å². The zero-order valence-electron chi connectivity index (χ0n) is 13.0. The molecule has 0 bridgehead atoms. The van der Waals surface area contributed by atoms with E-state index in [1.165, 1.54) is 7.11 Å². The number of esters is 1. The first-order valence-corrected chi connectivity index (χ1v) is 7.34. The maximum Gasteiger partial charge on any atom is 0.308 e. The van der Waals surface area contributed by atoms with Gasteiger partial charge in [-0.15, -0.1) is 24.0 Å². The summed E-state index contributed by atoms with van der Waals surface area (Å²) in [6, 6.07) is 1.91. The summed E-state index contributed by atoms with van der Waals surface area (Å²) in [5, 5.41) is 10.1. The number of nitrogens with one attached hydrogen (secondary N) is 2. The predicted octanol–water partition coefficient (Wildman–Crippen LogP) is 1.38. The third-order valence-corrected chi connectivity index (χ3v) is 3.62. The van der Waals surface area contributed by atoms with Crippen molar-refractivity contribution < 1.29 is 9.53 Å². The van der Waals surface area contributed by atoms with Crippen molar-refractivity contribution in [3.8, 4) is 0 Å². The lowest BCUT2D eigenvalue weighted by Gasteiger charge is -2.33. The fourth-order valence-electron chi connectivity index (χ4n) is 2.45. The molecule has 0 radical (unpaired) electrons. The number of guanidine groups is 1. The van der Waals surface area contributed by atoms with Gasteiger partial charge in [0.15, 0.2) is 5.96 Å². The molecule has 0 spiro atoms. The molecule has 0 amide bonds. The lowest BCUT2D eigenvalue weighted by Crippen LogP contribution is -2.46. The average molecular weight is 421 g/mol. The number of nitrogens with zero attached hydrogens (tertiary/aromatic N) is 3. The number of aromatic nitrogens is 2. The molecule has 1 saturated heterocycles. The number of ether oxygens (including phenoxy) is 1. The molecule has 1 aliphatic heterocycles. The number of carbonyl (C=O) groups is 1.